The third kappa shape index (κ3) is 1.51. The average Bonchev–Trinajstić information content (AvgIpc) is 3.01. The maximum Gasteiger partial charge on any atom is 0.281 e. The van der Waals surface area contributed by atoms with Crippen molar-refractivity contribution in [2.45, 2.75) is 26.3 Å². The maximum atomic E-state index is 12.3. The van der Waals surface area contributed by atoms with Gasteiger partial charge in [-0.1, -0.05) is 38.1 Å². The molecule has 100 valence electrons. The first-order chi connectivity index (χ1) is 9.65. The average molecular weight is 282 g/mol. The minimum Gasteiger partial charge on any atom is -0.312 e. The molecule has 2 aromatic heterocycles. The molecule has 3 aromatic rings. The fourth-order valence-electron chi connectivity index (χ4n) is 2.75. The van der Waals surface area contributed by atoms with Crippen LogP contribution in [0.3, 0.4) is 0 Å². The van der Waals surface area contributed by atoms with Gasteiger partial charge in [-0.15, -0.1) is 11.3 Å². The van der Waals surface area contributed by atoms with Gasteiger partial charge in [0.05, 0.1) is 11.9 Å². The van der Waals surface area contributed by atoms with Crippen molar-refractivity contribution in [2.75, 3.05) is 0 Å². The summed E-state index contributed by atoms with van der Waals surface area (Å²) in [5.41, 5.74) is 2.23. The molecule has 1 aliphatic heterocycles. The van der Waals surface area contributed by atoms with Gasteiger partial charge in [0.1, 0.15) is 10.7 Å². The van der Waals surface area contributed by atoms with Gasteiger partial charge in [-0.05, 0) is 17.5 Å². The molecular formula is C16H14N2OS. The predicted octanol–water partition coefficient (Wildman–Crippen LogP) is 3.61. The van der Waals surface area contributed by atoms with Crippen LogP contribution >= 0.6 is 11.3 Å². The fourth-order valence-corrected chi connectivity index (χ4v) is 3.90. The highest BCUT2D eigenvalue weighted by Crippen LogP contribution is 2.36. The summed E-state index contributed by atoms with van der Waals surface area (Å²) in [5.74, 6) is 1.25. The van der Waals surface area contributed by atoms with E-state index < -0.39 is 0 Å². The highest BCUT2D eigenvalue weighted by Gasteiger charge is 2.23. The van der Waals surface area contributed by atoms with Crippen LogP contribution in [0.2, 0.25) is 0 Å². The normalized spacial score (nSPS) is 12.9. The second-order valence-corrected chi connectivity index (χ2v) is 6.57. The molecule has 3 heterocycles. The van der Waals surface area contributed by atoms with Gasteiger partial charge in [-0.2, -0.15) is 4.98 Å². The first-order valence-electron chi connectivity index (χ1n) is 6.77. The Kier molecular flexibility index (Phi) is 2.39. The molecule has 4 heteroatoms. The summed E-state index contributed by atoms with van der Waals surface area (Å²) in [6.45, 7) is 5.12. The summed E-state index contributed by atoms with van der Waals surface area (Å²) in [7, 11) is 0. The molecule has 0 radical (unpaired) electrons. The standard InChI is InChI=1S/C16H14N2OS/c1-9(2)13-7-12-15(19)17-14-11-6-4-3-5-10(11)8-18(14)16(12)20-13/h3-7,9H,8H2,1-2H3. The van der Waals surface area contributed by atoms with E-state index in [0.29, 0.717) is 5.92 Å². The first kappa shape index (κ1) is 11.9. The number of thiophene rings is 1. The number of benzene rings is 1. The summed E-state index contributed by atoms with van der Waals surface area (Å²) in [6, 6.07) is 10.2. The molecule has 1 aliphatic rings. The van der Waals surface area contributed by atoms with E-state index in [1.54, 1.807) is 11.3 Å². The van der Waals surface area contributed by atoms with Crippen LogP contribution in [0.1, 0.15) is 30.2 Å². The zero-order chi connectivity index (χ0) is 13.9. The molecular weight excluding hydrogens is 268 g/mol. The molecule has 0 amide bonds. The lowest BCUT2D eigenvalue weighted by Gasteiger charge is -2.03. The summed E-state index contributed by atoms with van der Waals surface area (Å²) in [6.07, 6.45) is 0. The van der Waals surface area contributed by atoms with E-state index >= 15 is 0 Å². The zero-order valence-corrected chi connectivity index (χ0v) is 12.2. The number of nitrogens with zero attached hydrogens (tertiary/aromatic N) is 2. The van der Waals surface area contributed by atoms with Crippen LogP contribution in [-0.4, -0.2) is 9.55 Å². The largest absolute Gasteiger partial charge is 0.312 e. The van der Waals surface area contributed by atoms with Crippen LogP contribution in [0.4, 0.5) is 0 Å². The first-order valence-corrected chi connectivity index (χ1v) is 7.59. The Balaban J connectivity index is 2.08. The lowest BCUT2D eigenvalue weighted by molar-refractivity contribution is 0.860. The Morgan fingerprint density at radius 3 is 2.90 bits per heavy atom. The van der Waals surface area contributed by atoms with Crippen LogP contribution in [0, 0.1) is 0 Å². The van der Waals surface area contributed by atoms with E-state index in [4.69, 9.17) is 0 Å². The van der Waals surface area contributed by atoms with Crippen molar-refractivity contribution in [3.05, 3.63) is 51.1 Å². The zero-order valence-electron chi connectivity index (χ0n) is 11.4. The Hall–Kier alpha value is -1.94. The molecule has 0 N–H and O–H groups in total. The lowest BCUT2D eigenvalue weighted by Crippen LogP contribution is -2.11. The Labute approximate surface area is 120 Å². The smallest absolute Gasteiger partial charge is 0.281 e. The van der Waals surface area contributed by atoms with Crippen molar-refractivity contribution >= 4 is 21.6 Å². The van der Waals surface area contributed by atoms with Gasteiger partial charge in [0, 0.05) is 10.4 Å². The molecule has 3 nitrogen and oxygen atoms in total. The highest BCUT2D eigenvalue weighted by molar-refractivity contribution is 7.18. The quantitative estimate of drug-likeness (QED) is 0.534. The van der Waals surface area contributed by atoms with Gasteiger partial charge < -0.3 is 4.57 Å². The number of fused-ring (bicyclic) bond motifs is 5. The second-order valence-electron chi connectivity index (χ2n) is 5.51. The van der Waals surface area contributed by atoms with Crippen molar-refractivity contribution in [2.24, 2.45) is 0 Å². The van der Waals surface area contributed by atoms with Crippen molar-refractivity contribution < 1.29 is 0 Å². The van der Waals surface area contributed by atoms with E-state index in [2.05, 4.69) is 29.5 Å². The van der Waals surface area contributed by atoms with Crippen molar-refractivity contribution in [1.82, 2.24) is 9.55 Å². The SMILES string of the molecule is CC(C)c1cc2c(=O)nc3n(c2s1)Cc1ccccc1-3. The third-order valence-electron chi connectivity index (χ3n) is 3.83. The van der Waals surface area contributed by atoms with Crippen LogP contribution < -0.4 is 5.56 Å². The van der Waals surface area contributed by atoms with Crippen molar-refractivity contribution in [3.8, 4) is 11.4 Å². The molecule has 4 rings (SSSR count). The van der Waals surface area contributed by atoms with Gasteiger partial charge in [-0.25, -0.2) is 0 Å². The summed E-state index contributed by atoms with van der Waals surface area (Å²) in [5, 5.41) is 0.759. The minimum atomic E-state index is -0.105. The Morgan fingerprint density at radius 2 is 2.10 bits per heavy atom. The van der Waals surface area contributed by atoms with E-state index in [1.165, 1.54) is 10.4 Å². The molecule has 1 aromatic carbocycles. The molecule has 0 spiro atoms. The molecule has 0 unspecified atom stereocenters. The van der Waals surface area contributed by atoms with Crippen LogP contribution in [0.25, 0.3) is 21.6 Å². The van der Waals surface area contributed by atoms with Gasteiger partial charge in [0.2, 0.25) is 0 Å². The fraction of sp³-hybridized carbons (Fsp3) is 0.250. The number of hydrogen-bond acceptors (Lipinski definition) is 3. The van der Waals surface area contributed by atoms with E-state index in [0.717, 1.165) is 28.1 Å². The van der Waals surface area contributed by atoms with Crippen molar-refractivity contribution in [1.29, 1.82) is 0 Å². The Bertz CT molecular complexity index is 889. The molecule has 0 fully saturated rings. The topological polar surface area (TPSA) is 34.9 Å². The summed E-state index contributed by atoms with van der Waals surface area (Å²) in [4.78, 5) is 18.9. The minimum absolute atomic E-state index is 0.105. The monoisotopic (exact) mass is 282 g/mol. The van der Waals surface area contributed by atoms with Crippen LogP contribution in [0.15, 0.2) is 35.1 Å². The molecule has 20 heavy (non-hydrogen) atoms. The molecule has 0 saturated heterocycles. The van der Waals surface area contributed by atoms with Crippen molar-refractivity contribution in [3.63, 3.8) is 0 Å². The summed E-state index contributed by atoms with van der Waals surface area (Å²) < 4.78 is 2.18. The summed E-state index contributed by atoms with van der Waals surface area (Å²) >= 11 is 1.72. The third-order valence-corrected chi connectivity index (χ3v) is 5.28. The molecule has 0 aliphatic carbocycles. The lowest BCUT2D eigenvalue weighted by atomic mass is 10.1. The number of rotatable bonds is 1. The van der Waals surface area contributed by atoms with Crippen LogP contribution in [-0.2, 0) is 6.54 Å². The molecule has 0 atom stereocenters. The molecule has 0 bridgehead atoms. The van der Waals surface area contributed by atoms with Gasteiger partial charge >= 0.3 is 0 Å². The van der Waals surface area contributed by atoms with Gasteiger partial charge in [-0.3, -0.25) is 4.79 Å². The second kappa shape index (κ2) is 4.03. The van der Waals surface area contributed by atoms with Gasteiger partial charge in [0.25, 0.3) is 5.56 Å². The number of aromatic nitrogens is 2. The predicted molar refractivity (Wildman–Crippen MR) is 82.5 cm³/mol. The van der Waals surface area contributed by atoms with E-state index in [9.17, 15) is 4.79 Å². The van der Waals surface area contributed by atoms with Crippen LogP contribution in [0.5, 0.6) is 0 Å². The van der Waals surface area contributed by atoms with Gasteiger partial charge in [0.15, 0.2) is 0 Å². The van der Waals surface area contributed by atoms with E-state index in [-0.39, 0.29) is 5.56 Å². The maximum absolute atomic E-state index is 12.3. The number of hydrogen-bond donors (Lipinski definition) is 0. The Morgan fingerprint density at radius 1 is 1.30 bits per heavy atom. The molecule has 0 saturated carbocycles. The highest BCUT2D eigenvalue weighted by atomic mass is 32.1. The van der Waals surface area contributed by atoms with E-state index in [1.807, 2.05) is 24.3 Å².